The van der Waals surface area contributed by atoms with E-state index in [-0.39, 0.29) is 6.42 Å². The molecule has 2 heterocycles. The molecule has 3 N–H and O–H groups in total. The summed E-state index contributed by atoms with van der Waals surface area (Å²) in [6.45, 7) is -0.503. The minimum atomic E-state index is -1.41. The molecule has 1 aliphatic heterocycles. The van der Waals surface area contributed by atoms with Crippen molar-refractivity contribution in [3.63, 3.8) is 0 Å². The van der Waals surface area contributed by atoms with Crippen molar-refractivity contribution in [3.05, 3.63) is 22.5 Å². The van der Waals surface area contributed by atoms with E-state index in [0.717, 1.165) is 10.8 Å². The maximum atomic E-state index is 13.3. The van der Waals surface area contributed by atoms with Crippen molar-refractivity contribution in [1.29, 1.82) is 0 Å². The molecule has 8 heteroatoms. The number of nitrogens with zero attached hydrogens (tertiary/aromatic N) is 2. The lowest BCUT2D eigenvalue weighted by atomic mass is 10.2. The summed E-state index contributed by atoms with van der Waals surface area (Å²) in [4.78, 5) is 14.7. The molecule has 1 aromatic rings. The first-order valence-electron chi connectivity index (χ1n) is 4.97. The average Bonchev–Trinajstić information content (AvgIpc) is 2.65. The largest absolute Gasteiger partial charge is 0.394 e. The van der Waals surface area contributed by atoms with Gasteiger partial charge in [-0.15, -0.1) is 0 Å². The van der Waals surface area contributed by atoms with Crippen molar-refractivity contribution in [2.75, 3.05) is 12.3 Å². The Kier molecular flexibility index (Phi) is 3.07. The highest BCUT2D eigenvalue weighted by Crippen LogP contribution is 2.29. The van der Waals surface area contributed by atoms with Crippen LogP contribution in [0.3, 0.4) is 0 Å². The predicted octanol–water partition coefficient (Wildman–Crippen LogP) is -0.418. The lowest BCUT2D eigenvalue weighted by molar-refractivity contribution is -0.0358. The Hall–Kier alpha value is -1.54. The number of nitrogen functional groups attached to an aromatic ring is 1. The van der Waals surface area contributed by atoms with Gasteiger partial charge in [0.1, 0.15) is 18.5 Å². The summed E-state index contributed by atoms with van der Waals surface area (Å²) >= 11 is 0. The molecule has 0 aliphatic carbocycles. The minimum Gasteiger partial charge on any atom is -0.394 e. The molecule has 3 unspecified atom stereocenters. The predicted molar refractivity (Wildman–Crippen MR) is 53.4 cm³/mol. The molecule has 0 amide bonds. The van der Waals surface area contributed by atoms with Crippen LogP contribution in [-0.4, -0.2) is 33.5 Å². The number of ether oxygens (including phenoxy) is 1. The third-order valence-corrected chi connectivity index (χ3v) is 2.59. The minimum absolute atomic E-state index is 0.143. The Balaban J connectivity index is 2.30. The molecule has 1 aromatic heterocycles. The molecule has 94 valence electrons. The number of anilines is 1. The van der Waals surface area contributed by atoms with Crippen molar-refractivity contribution in [2.45, 2.75) is 24.9 Å². The molecule has 1 aliphatic rings. The summed E-state index contributed by atoms with van der Waals surface area (Å²) in [6.07, 6.45) is -2.71. The lowest BCUT2D eigenvalue weighted by Crippen LogP contribution is -2.29. The van der Waals surface area contributed by atoms with Crippen LogP contribution < -0.4 is 11.4 Å². The van der Waals surface area contributed by atoms with Crippen LogP contribution in [0, 0.1) is 5.82 Å². The van der Waals surface area contributed by atoms with Gasteiger partial charge in [-0.05, 0) is 0 Å². The summed E-state index contributed by atoms with van der Waals surface area (Å²) in [5.74, 6) is -1.39. The van der Waals surface area contributed by atoms with Crippen LogP contribution >= 0.6 is 0 Å². The van der Waals surface area contributed by atoms with Gasteiger partial charge in [0.05, 0.1) is 12.8 Å². The SMILES string of the molecule is Nc1nc(=O)n(C2CC(F)C(CO)O2)cc1F. The molecule has 0 spiro atoms. The molecular formula is C9H11F2N3O3. The highest BCUT2D eigenvalue weighted by molar-refractivity contribution is 5.26. The number of hydrogen-bond donors (Lipinski definition) is 2. The molecule has 17 heavy (non-hydrogen) atoms. The van der Waals surface area contributed by atoms with Crippen LogP contribution in [0.5, 0.6) is 0 Å². The second kappa shape index (κ2) is 4.38. The number of hydrogen-bond acceptors (Lipinski definition) is 5. The van der Waals surface area contributed by atoms with E-state index in [4.69, 9.17) is 15.6 Å². The number of aromatic nitrogens is 2. The van der Waals surface area contributed by atoms with Gasteiger partial charge in [0.2, 0.25) is 0 Å². The van der Waals surface area contributed by atoms with Crippen LogP contribution in [0.2, 0.25) is 0 Å². The van der Waals surface area contributed by atoms with Crippen molar-refractivity contribution >= 4 is 5.82 Å². The Morgan fingerprint density at radius 1 is 1.71 bits per heavy atom. The first-order chi connectivity index (χ1) is 8.02. The van der Waals surface area contributed by atoms with Crippen molar-refractivity contribution < 1.29 is 18.6 Å². The average molecular weight is 247 g/mol. The van der Waals surface area contributed by atoms with E-state index in [1.54, 1.807) is 0 Å². The molecule has 2 rings (SSSR count). The molecule has 1 saturated heterocycles. The zero-order valence-corrected chi connectivity index (χ0v) is 8.72. The van der Waals surface area contributed by atoms with Gasteiger partial charge in [-0.3, -0.25) is 4.57 Å². The van der Waals surface area contributed by atoms with Gasteiger partial charge in [0.15, 0.2) is 11.6 Å². The van der Waals surface area contributed by atoms with Crippen molar-refractivity contribution in [3.8, 4) is 0 Å². The molecular weight excluding hydrogens is 236 g/mol. The van der Waals surface area contributed by atoms with Gasteiger partial charge < -0.3 is 15.6 Å². The van der Waals surface area contributed by atoms with Crippen LogP contribution in [0.15, 0.2) is 11.0 Å². The van der Waals surface area contributed by atoms with Gasteiger partial charge in [-0.1, -0.05) is 0 Å². The number of rotatable bonds is 2. The number of aliphatic hydroxyl groups excluding tert-OH is 1. The molecule has 3 atom stereocenters. The summed E-state index contributed by atoms with van der Waals surface area (Å²) in [5.41, 5.74) is 4.29. The van der Waals surface area contributed by atoms with Gasteiger partial charge in [0, 0.05) is 6.42 Å². The molecule has 0 bridgehead atoms. The zero-order valence-electron chi connectivity index (χ0n) is 8.72. The first kappa shape index (κ1) is 11.9. The monoisotopic (exact) mass is 247 g/mol. The topological polar surface area (TPSA) is 90.4 Å². The smallest absolute Gasteiger partial charge is 0.351 e. The van der Waals surface area contributed by atoms with E-state index in [1.165, 1.54) is 0 Å². The van der Waals surface area contributed by atoms with Crippen LogP contribution in [0.4, 0.5) is 14.6 Å². The Morgan fingerprint density at radius 3 is 3.00 bits per heavy atom. The molecule has 0 aromatic carbocycles. The number of halogens is 2. The van der Waals surface area contributed by atoms with Crippen molar-refractivity contribution in [2.24, 2.45) is 0 Å². The molecule has 1 fully saturated rings. The number of aliphatic hydroxyl groups is 1. The zero-order chi connectivity index (χ0) is 12.6. The Labute approximate surface area is 94.6 Å². The van der Waals surface area contributed by atoms with Crippen molar-refractivity contribution in [1.82, 2.24) is 9.55 Å². The van der Waals surface area contributed by atoms with Crippen LogP contribution in [-0.2, 0) is 4.74 Å². The van der Waals surface area contributed by atoms with Crippen LogP contribution in [0.25, 0.3) is 0 Å². The summed E-state index contributed by atoms with van der Waals surface area (Å²) in [6, 6.07) is 0. The second-order valence-electron chi connectivity index (χ2n) is 3.73. The summed E-state index contributed by atoms with van der Waals surface area (Å²) in [7, 11) is 0. The van der Waals surface area contributed by atoms with E-state index in [9.17, 15) is 13.6 Å². The highest BCUT2D eigenvalue weighted by Gasteiger charge is 2.36. The second-order valence-corrected chi connectivity index (χ2v) is 3.73. The van der Waals surface area contributed by atoms with Crippen LogP contribution in [0.1, 0.15) is 12.6 Å². The fourth-order valence-corrected chi connectivity index (χ4v) is 1.69. The third kappa shape index (κ3) is 2.13. The number of alkyl halides is 1. The van der Waals surface area contributed by atoms with E-state index in [0.29, 0.717) is 0 Å². The normalized spacial score (nSPS) is 28.5. The molecule has 0 saturated carbocycles. The Bertz CT molecular complexity index is 479. The first-order valence-corrected chi connectivity index (χ1v) is 4.97. The quantitative estimate of drug-likeness (QED) is 0.741. The maximum Gasteiger partial charge on any atom is 0.351 e. The van der Waals surface area contributed by atoms with Gasteiger partial charge in [-0.25, -0.2) is 13.6 Å². The number of nitrogens with two attached hydrogens (primary N) is 1. The highest BCUT2D eigenvalue weighted by atomic mass is 19.1. The van der Waals surface area contributed by atoms with Gasteiger partial charge in [-0.2, -0.15) is 4.98 Å². The summed E-state index contributed by atoms with van der Waals surface area (Å²) in [5, 5.41) is 8.81. The lowest BCUT2D eigenvalue weighted by Gasteiger charge is -2.14. The standard InChI is InChI=1S/C9H11F2N3O3/c10-4-1-7(17-6(4)3-15)14-2-5(11)8(12)13-9(14)16/h2,4,6-7,15H,1,3H2,(H2,12,13,16). The van der Waals surface area contributed by atoms with Gasteiger partial charge in [0.25, 0.3) is 0 Å². The van der Waals surface area contributed by atoms with Gasteiger partial charge >= 0.3 is 5.69 Å². The van der Waals surface area contributed by atoms with E-state index < -0.39 is 42.4 Å². The maximum absolute atomic E-state index is 13.3. The summed E-state index contributed by atoms with van der Waals surface area (Å²) < 4.78 is 32.3. The Morgan fingerprint density at radius 2 is 2.41 bits per heavy atom. The fraction of sp³-hybridized carbons (Fsp3) is 0.556. The van der Waals surface area contributed by atoms with E-state index in [2.05, 4.69) is 4.98 Å². The van der Waals surface area contributed by atoms with E-state index >= 15 is 0 Å². The third-order valence-electron chi connectivity index (χ3n) is 2.59. The molecule has 6 nitrogen and oxygen atoms in total. The molecule has 0 radical (unpaired) electrons. The fourth-order valence-electron chi connectivity index (χ4n) is 1.69. The van der Waals surface area contributed by atoms with E-state index in [1.807, 2.05) is 0 Å².